The van der Waals surface area contributed by atoms with Gasteiger partial charge in [0.2, 0.25) is 0 Å². The number of nitrogen functional groups attached to an aromatic ring is 1. The fourth-order valence-electron chi connectivity index (χ4n) is 1.75. The fourth-order valence-corrected chi connectivity index (χ4v) is 2.58. The lowest BCUT2D eigenvalue weighted by molar-refractivity contribution is -0.385. The van der Waals surface area contributed by atoms with Crippen molar-refractivity contribution >= 4 is 28.7 Å². The number of pyridine rings is 1. The molecule has 21 heavy (non-hydrogen) atoms. The van der Waals surface area contributed by atoms with E-state index >= 15 is 0 Å². The highest BCUT2D eigenvalue weighted by molar-refractivity contribution is 7.09. The van der Waals surface area contributed by atoms with Crippen molar-refractivity contribution in [3.63, 3.8) is 0 Å². The maximum atomic E-state index is 12.4. The molecule has 9 heteroatoms. The Labute approximate surface area is 124 Å². The molecule has 1 amide bonds. The van der Waals surface area contributed by atoms with E-state index in [0.717, 1.165) is 16.8 Å². The zero-order chi connectivity index (χ0) is 15.6. The zero-order valence-corrected chi connectivity index (χ0v) is 12.3. The van der Waals surface area contributed by atoms with E-state index in [1.165, 1.54) is 22.3 Å². The standard InChI is InChI=1S/C12H13N5O3S/c1-7-10(21-6-15-7)5-16(2)12(18)8-3-11(13)14-4-9(8)17(19)20/h3-4,6H,5H2,1-2H3,(H2,13,14). The van der Waals surface area contributed by atoms with Crippen molar-refractivity contribution in [1.29, 1.82) is 0 Å². The summed E-state index contributed by atoms with van der Waals surface area (Å²) >= 11 is 1.43. The van der Waals surface area contributed by atoms with Gasteiger partial charge in [0.15, 0.2) is 0 Å². The van der Waals surface area contributed by atoms with E-state index in [0.29, 0.717) is 6.54 Å². The van der Waals surface area contributed by atoms with Crippen LogP contribution in [0.25, 0.3) is 0 Å². The Morgan fingerprint density at radius 3 is 2.81 bits per heavy atom. The van der Waals surface area contributed by atoms with Crippen LogP contribution in [0.5, 0.6) is 0 Å². The van der Waals surface area contributed by atoms with Gasteiger partial charge in [0.25, 0.3) is 11.6 Å². The first-order valence-electron chi connectivity index (χ1n) is 5.94. The minimum atomic E-state index is -0.647. The molecule has 2 heterocycles. The van der Waals surface area contributed by atoms with Crippen molar-refractivity contribution in [3.8, 4) is 0 Å². The average Bonchev–Trinajstić information content (AvgIpc) is 2.83. The number of carbonyl (C=O) groups excluding carboxylic acids is 1. The molecule has 2 aromatic rings. The summed E-state index contributed by atoms with van der Waals surface area (Å²) in [4.78, 5) is 32.8. The van der Waals surface area contributed by atoms with Crippen molar-refractivity contribution in [3.05, 3.63) is 44.0 Å². The first-order valence-corrected chi connectivity index (χ1v) is 6.82. The summed E-state index contributed by atoms with van der Waals surface area (Å²) in [6.45, 7) is 2.17. The van der Waals surface area contributed by atoms with E-state index < -0.39 is 10.8 Å². The Morgan fingerprint density at radius 1 is 1.52 bits per heavy atom. The van der Waals surface area contributed by atoms with E-state index in [4.69, 9.17) is 5.73 Å². The zero-order valence-electron chi connectivity index (χ0n) is 11.4. The third-order valence-corrected chi connectivity index (χ3v) is 3.82. The predicted octanol–water partition coefficient (Wildman–Crippen LogP) is 1.61. The molecule has 0 aliphatic carbocycles. The van der Waals surface area contributed by atoms with Crippen LogP contribution in [0.1, 0.15) is 20.9 Å². The first-order chi connectivity index (χ1) is 9.90. The fraction of sp³-hybridized carbons (Fsp3) is 0.250. The quantitative estimate of drug-likeness (QED) is 0.677. The van der Waals surface area contributed by atoms with Crippen LogP contribution in [-0.2, 0) is 6.54 Å². The number of thiazole rings is 1. The van der Waals surface area contributed by atoms with Gasteiger partial charge in [-0.3, -0.25) is 14.9 Å². The van der Waals surface area contributed by atoms with E-state index in [1.807, 2.05) is 6.92 Å². The van der Waals surface area contributed by atoms with Gasteiger partial charge < -0.3 is 10.6 Å². The smallest absolute Gasteiger partial charge is 0.300 e. The van der Waals surface area contributed by atoms with Crippen molar-refractivity contribution in [2.75, 3.05) is 12.8 Å². The predicted molar refractivity (Wildman–Crippen MR) is 78.0 cm³/mol. The van der Waals surface area contributed by atoms with Gasteiger partial charge in [-0.15, -0.1) is 11.3 Å². The van der Waals surface area contributed by atoms with Crippen molar-refractivity contribution in [1.82, 2.24) is 14.9 Å². The number of rotatable bonds is 4. The Bertz CT molecular complexity index is 700. The maximum Gasteiger partial charge on any atom is 0.300 e. The van der Waals surface area contributed by atoms with Crippen LogP contribution < -0.4 is 5.73 Å². The van der Waals surface area contributed by atoms with Crippen molar-refractivity contribution in [2.24, 2.45) is 0 Å². The molecule has 8 nitrogen and oxygen atoms in total. The highest BCUT2D eigenvalue weighted by atomic mass is 32.1. The lowest BCUT2D eigenvalue weighted by Gasteiger charge is -2.16. The van der Waals surface area contributed by atoms with Gasteiger partial charge in [-0.1, -0.05) is 0 Å². The minimum absolute atomic E-state index is 0.0614. The van der Waals surface area contributed by atoms with Crippen LogP contribution in [0.2, 0.25) is 0 Å². The van der Waals surface area contributed by atoms with Gasteiger partial charge >= 0.3 is 0 Å². The second kappa shape index (κ2) is 5.83. The number of anilines is 1. The van der Waals surface area contributed by atoms with Crippen LogP contribution in [-0.4, -0.2) is 32.7 Å². The maximum absolute atomic E-state index is 12.4. The van der Waals surface area contributed by atoms with Crippen molar-refractivity contribution in [2.45, 2.75) is 13.5 Å². The second-order valence-electron chi connectivity index (χ2n) is 4.41. The van der Waals surface area contributed by atoms with Crippen LogP contribution in [0, 0.1) is 17.0 Å². The van der Waals surface area contributed by atoms with E-state index in [9.17, 15) is 14.9 Å². The first kappa shape index (κ1) is 14.9. The molecular formula is C12H13N5O3S. The number of amides is 1. The van der Waals surface area contributed by atoms with Gasteiger partial charge in [-0.2, -0.15) is 0 Å². The SMILES string of the molecule is Cc1ncsc1CN(C)C(=O)c1cc(N)ncc1[N+](=O)[O-]. The van der Waals surface area contributed by atoms with Gasteiger partial charge in [0.1, 0.15) is 17.6 Å². The van der Waals surface area contributed by atoms with Gasteiger partial charge in [0.05, 0.1) is 22.7 Å². The molecule has 2 N–H and O–H groups in total. The molecule has 0 spiro atoms. The number of aryl methyl sites for hydroxylation is 1. The lowest BCUT2D eigenvalue weighted by Crippen LogP contribution is -2.27. The molecule has 0 aromatic carbocycles. The molecule has 0 aliphatic rings. The Kier molecular flexibility index (Phi) is 4.13. The number of hydrogen-bond donors (Lipinski definition) is 1. The Hall–Kier alpha value is -2.55. The molecule has 0 radical (unpaired) electrons. The number of nitrogens with two attached hydrogens (primary N) is 1. The number of nitro groups is 1. The molecule has 2 rings (SSSR count). The summed E-state index contributed by atoms with van der Waals surface area (Å²) in [5.41, 5.74) is 7.61. The third-order valence-electron chi connectivity index (χ3n) is 2.90. The van der Waals surface area contributed by atoms with Crippen molar-refractivity contribution < 1.29 is 9.72 Å². The molecule has 0 aliphatic heterocycles. The van der Waals surface area contributed by atoms with E-state index in [1.54, 1.807) is 12.6 Å². The molecule has 2 aromatic heterocycles. The topological polar surface area (TPSA) is 115 Å². The minimum Gasteiger partial charge on any atom is -0.384 e. The van der Waals surface area contributed by atoms with E-state index in [-0.39, 0.29) is 17.1 Å². The summed E-state index contributed by atoms with van der Waals surface area (Å²) < 4.78 is 0. The number of nitrogens with zero attached hydrogens (tertiary/aromatic N) is 4. The van der Waals surface area contributed by atoms with Crippen LogP contribution in [0.15, 0.2) is 17.8 Å². The molecule has 0 saturated heterocycles. The Balaban J connectivity index is 2.29. The number of aromatic nitrogens is 2. The summed E-state index contributed by atoms with van der Waals surface area (Å²) in [6.07, 6.45) is 0.994. The molecule has 0 saturated carbocycles. The summed E-state index contributed by atoms with van der Waals surface area (Å²) in [5, 5.41) is 11.0. The second-order valence-corrected chi connectivity index (χ2v) is 5.34. The normalized spacial score (nSPS) is 10.4. The van der Waals surface area contributed by atoms with E-state index in [2.05, 4.69) is 9.97 Å². The van der Waals surface area contributed by atoms with Gasteiger partial charge in [0, 0.05) is 11.9 Å². The van der Waals surface area contributed by atoms with Gasteiger partial charge in [-0.25, -0.2) is 9.97 Å². The molecule has 0 unspecified atom stereocenters. The van der Waals surface area contributed by atoms with Crippen LogP contribution in [0.3, 0.4) is 0 Å². The van der Waals surface area contributed by atoms with Gasteiger partial charge in [-0.05, 0) is 13.0 Å². The molecule has 0 fully saturated rings. The Morgan fingerprint density at radius 2 is 2.24 bits per heavy atom. The highest BCUT2D eigenvalue weighted by Gasteiger charge is 2.24. The third kappa shape index (κ3) is 3.14. The lowest BCUT2D eigenvalue weighted by atomic mass is 10.2. The summed E-state index contributed by atoms with van der Waals surface area (Å²) in [5.74, 6) is -0.421. The number of hydrogen-bond acceptors (Lipinski definition) is 7. The largest absolute Gasteiger partial charge is 0.384 e. The molecule has 0 atom stereocenters. The number of carbonyl (C=O) groups is 1. The average molecular weight is 307 g/mol. The van der Waals surface area contributed by atoms with Crippen LogP contribution >= 0.6 is 11.3 Å². The summed E-state index contributed by atoms with van der Waals surface area (Å²) in [7, 11) is 1.57. The summed E-state index contributed by atoms with van der Waals surface area (Å²) in [6, 6.07) is 1.22. The molecular weight excluding hydrogens is 294 g/mol. The molecule has 0 bridgehead atoms. The monoisotopic (exact) mass is 307 g/mol. The highest BCUT2D eigenvalue weighted by Crippen LogP contribution is 2.22. The molecule has 110 valence electrons. The van der Waals surface area contributed by atoms with Crippen LogP contribution in [0.4, 0.5) is 11.5 Å².